The standard InChI is InChI=1S/C6H4BF4O.K/c8-4-2-1-3-5(12)6(4)7(9,10)11;/h1-3,12H;/q-1;+1. The van der Waals surface area contributed by atoms with Crippen molar-refractivity contribution in [2.75, 3.05) is 0 Å². The minimum Gasteiger partial charge on any atom is -0.511 e. The van der Waals surface area contributed by atoms with Gasteiger partial charge in [0.05, 0.1) is 11.6 Å². The fourth-order valence-corrected chi connectivity index (χ4v) is 0.850. The van der Waals surface area contributed by atoms with E-state index >= 15 is 0 Å². The van der Waals surface area contributed by atoms with Crippen LogP contribution >= 0.6 is 0 Å². The molecule has 1 rings (SSSR count). The van der Waals surface area contributed by atoms with Crippen molar-refractivity contribution in [2.45, 2.75) is 0 Å². The van der Waals surface area contributed by atoms with Gasteiger partial charge in [-0.1, -0.05) is 6.07 Å². The fraction of sp³-hybridized carbons (Fsp3) is 0. The van der Waals surface area contributed by atoms with Crippen LogP contribution in [-0.4, -0.2) is 12.1 Å². The number of phenols is 1. The summed E-state index contributed by atoms with van der Waals surface area (Å²) in [5, 5.41) is 8.68. The van der Waals surface area contributed by atoms with Crippen LogP contribution in [0.4, 0.5) is 17.3 Å². The van der Waals surface area contributed by atoms with Gasteiger partial charge in [0.1, 0.15) is 0 Å². The van der Waals surface area contributed by atoms with E-state index < -0.39 is 24.0 Å². The van der Waals surface area contributed by atoms with E-state index in [0.29, 0.717) is 6.07 Å². The topological polar surface area (TPSA) is 20.2 Å². The van der Waals surface area contributed by atoms with Gasteiger partial charge in [-0.3, -0.25) is 0 Å². The zero-order valence-corrected chi connectivity index (χ0v) is 9.89. The first-order valence-corrected chi connectivity index (χ1v) is 3.10. The zero-order chi connectivity index (χ0) is 9.35. The molecule has 66 valence electrons. The first-order valence-electron chi connectivity index (χ1n) is 3.10. The number of rotatable bonds is 1. The van der Waals surface area contributed by atoms with Gasteiger partial charge in [0.25, 0.3) is 0 Å². The van der Waals surface area contributed by atoms with Gasteiger partial charge in [-0.2, -0.15) is 0 Å². The largest absolute Gasteiger partial charge is 1.00 e. The summed E-state index contributed by atoms with van der Waals surface area (Å²) >= 11 is 0. The predicted molar refractivity (Wildman–Crippen MR) is 36.8 cm³/mol. The van der Waals surface area contributed by atoms with Crippen molar-refractivity contribution >= 4 is 12.4 Å². The second-order valence-electron chi connectivity index (χ2n) is 2.25. The molecule has 0 atom stereocenters. The monoisotopic (exact) mass is 218 g/mol. The van der Waals surface area contributed by atoms with Crippen molar-refractivity contribution in [2.24, 2.45) is 0 Å². The van der Waals surface area contributed by atoms with Crippen LogP contribution in [0.1, 0.15) is 0 Å². The number of halogens is 4. The minimum atomic E-state index is -5.48. The van der Waals surface area contributed by atoms with Crippen LogP contribution in [0, 0.1) is 5.82 Å². The molecule has 0 saturated carbocycles. The molecular weight excluding hydrogens is 214 g/mol. The molecule has 13 heavy (non-hydrogen) atoms. The number of hydrogen-bond acceptors (Lipinski definition) is 1. The first-order chi connectivity index (χ1) is 5.43. The van der Waals surface area contributed by atoms with Gasteiger partial charge in [0.2, 0.25) is 0 Å². The van der Waals surface area contributed by atoms with Crippen LogP contribution in [0.5, 0.6) is 5.75 Å². The SMILES string of the molecule is Oc1cccc(F)c1[B-](F)(F)F.[K+]. The van der Waals surface area contributed by atoms with Crippen LogP contribution in [0.15, 0.2) is 18.2 Å². The molecule has 1 aromatic carbocycles. The summed E-state index contributed by atoms with van der Waals surface area (Å²) in [5.74, 6) is -2.51. The van der Waals surface area contributed by atoms with E-state index in [-0.39, 0.29) is 51.4 Å². The summed E-state index contributed by atoms with van der Waals surface area (Å²) in [7, 11) is 0. The first kappa shape index (κ1) is 13.4. The summed E-state index contributed by atoms with van der Waals surface area (Å²) in [6.45, 7) is -5.48. The van der Waals surface area contributed by atoms with Crippen molar-refractivity contribution in [3.05, 3.63) is 24.0 Å². The van der Waals surface area contributed by atoms with E-state index in [9.17, 15) is 17.3 Å². The van der Waals surface area contributed by atoms with E-state index in [1.54, 1.807) is 0 Å². The van der Waals surface area contributed by atoms with Crippen LogP contribution in [0.25, 0.3) is 0 Å². The molecule has 0 saturated heterocycles. The third kappa shape index (κ3) is 3.25. The third-order valence-corrected chi connectivity index (χ3v) is 1.36. The van der Waals surface area contributed by atoms with E-state index in [4.69, 9.17) is 5.11 Å². The van der Waals surface area contributed by atoms with Gasteiger partial charge >= 0.3 is 58.4 Å². The molecule has 0 bridgehead atoms. The van der Waals surface area contributed by atoms with E-state index in [1.165, 1.54) is 0 Å². The summed E-state index contributed by atoms with van der Waals surface area (Å²) in [5.41, 5.74) is -1.56. The Labute approximate surface area is 115 Å². The Morgan fingerprint density at radius 3 is 2.00 bits per heavy atom. The Hall–Kier alpha value is 0.441. The van der Waals surface area contributed by atoms with Crippen LogP contribution < -0.4 is 56.8 Å². The molecule has 0 aliphatic rings. The van der Waals surface area contributed by atoms with Gasteiger partial charge in [-0.05, 0) is 17.6 Å². The average molecular weight is 218 g/mol. The van der Waals surface area contributed by atoms with Gasteiger partial charge in [-0.25, -0.2) is 4.39 Å². The zero-order valence-electron chi connectivity index (χ0n) is 6.77. The van der Waals surface area contributed by atoms with Gasteiger partial charge in [0.15, 0.2) is 0 Å². The summed E-state index contributed by atoms with van der Waals surface area (Å²) in [6, 6.07) is 2.47. The number of hydrogen-bond donors (Lipinski definition) is 1. The quantitative estimate of drug-likeness (QED) is 0.453. The molecule has 0 aromatic heterocycles. The maximum absolute atomic E-state index is 12.5. The molecule has 0 amide bonds. The van der Waals surface area contributed by atoms with Gasteiger partial charge in [0, 0.05) is 0 Å². The van der Waals surface area contributed by atoms with Crippen molar-refractivity contribution < 1.29 is 73.8 Å². The molecule has 0 radical (unpaired) electrons. The second kappa shape index (κ2) is 4.79. The molecular formula is C6H4BF4KO. The Bertz CT molecular complexity index is 281. The van der Waals surface area contributed by atoms with E-state index in [1.807, 2.05) is 0 Å². The maximum atomic E-state index is 12.5. The summed E-state index contributed by atoms with van der Waals surface area (Å²) < 4.78 is 48.4. The summed E-state index contributed by atoms with van der Waals surface area (Å²) in [6.07, 6.45) is 0. The molecule has 0 aliphatic heterocycles. The molecule has 0 heterocycles. The molecule has 1 N–H and O–H groups in total. The van der Waals surface area contributed by atoms with E-state index in [0.717, 1.165) is 12.1 Å². The predicted octanol–water partition coefficient (Wildman–Crippen LogP) is -1.41. The molecule has 7 heteroatoms. The second-order valence-corrected chi connectivity index (χ2v) is 2.25. The minimum absolute atomic E-state index is 0. The Morgan fingerprint density at radius 1 is 1.15 bits per heavy atom. The Balaban J connectivity index is 0.00000144. The Morgan fingerprint density at radius 2 is 1.69 bits per heavy atom. The molecule has 0 spiro atoms. The Kier molecular flexibility index (Phi) is 4.95. The van der Waals surface area contributed by atoms with Crippen molar-refractivity contribution in [1.29, 1.82) is 0 Å². The van der Waals surface area contributed by atoms with Crippen LogP contribution in [0.3, 0.4) is 0 Å². The van der Waals surface area contributed by atoms with Crippen LogP contribution in [-0.2, 0) is 0 Å². The molecule has 1 aromatic rings. The molecule has 0 fully saturated rings. The average Bonchev–Trinajstić information content (AvgIpc) is 1.82. The fourth-order valence-electron chi connectivity index (χ4n) is 0.850. The molecule has 0 aliphatic carbocycles. The van der Waals surface area contributed by atoms with Crippen molar-refractivity contribution in [1.82, 2.24) is 0 Å². The molecule has 1 nitrogen and oxygen atoms in total. The number of phenolic OH excluding ortho intramolecular Hbond substituents is 1. The van der Waals surface area contributed by atoms with Crippen molar-refractivity contribution in [3.63, 3.8) is 0 Å². The summed E-state index contributed by atoms with van der Waals surface area (Å²) in [4.78, 5) is 0. The van der Waals surface area contributed by atoms with Gasteiger partial charge < -0.3 is 18.1 Å². The number of aromatic hydroxyl groups is 1. The van der Waals surface area contributed by atoms with Crippen molar-refractivity contribution in [3.8, 4) is 5.75 Å². The maximum Gasteiger partial charge on any atom is 1.00 e. The normalized spacial score (nSPS) is 10.8. The number of benzene rings is 1. The smallest absolute Gasteiger partial charge is 0.511 e. The molecule has 0 unspecified atom stereocenters. The van der Waals surface area contributed by atoms with Gasteiger partial charge in [-0.15, -0.1) is 0 Å². The third-order valence-electron chi connectivity index (χ3n) is 1.36. The van der Waals surface area contributed by atoms with Crippen LogP contribution in [0.2, 0.25) is 0 Å². The van der Waals surface area contributed by atoms with E-state index in [2.05, 4.69) is 0 Å².